The Bertz CT molecular complexity index is 508. The van der Waals surface area contributed by atoms with Gasteiger partial charge in [0.1, 0.15) is 0 Å². The molecule has 2 saturated carbocycles. The van der Waals surface area contributed by atoms with E-state index in [0.29, 0.717) is 11.8 Å². The third-order valence-corrected chi connectivity index (χ3v) is 8.39. The van der Waals surface area contributed by atoms with Crippen LogP contribution in [-0.2, 0) is 0 Å². The largest absolute Gasteiger partial charge is 0.396 e. The number of hydrogen-bond donors (Lipinski definition) is 4. The van der Waals surface area contributed by atoms with Crippen LogP contribution in [-0.4, -0.2) is 45.8 Å². The fraction of sp³-hybridized carbons (Fsp3) is 0.929. The fourth-order valence-corrected chi connectivity index (χ4v) is 5.79. The predicted molar refractivity (Wildman–Crippen MR) is 132 cm³/mol. The van der Waals surface area contributed by atoms with Gasteiger partial charge in [-0.25, -0.2) is 0 Å². The number of aliphatic hydroxyl groups excluding tert-OH is 4. The van der Waals surface area contributed by atoms with E-state index in [1.165, 1.54) is 0 Å². The molecule has 0 saturated heterocycles. The third kappa shape index (κ3) is 8.74. The van der Waals surface area contributed by atoms with Gasteiger partial charge >= 0.3 is 0 Å². The van der Waals surface area contributed by atoms with E-state index in [2.05, 4.69) is 39.8 Å². The zero-order valence-electron chi connectivity index (χ0n) is 21.3. The van der Waals surface area contributed by atoms with Gasteiger partial charge in [-0.05, 0) is 74.0 Å². The third-order valence-electron chi connectivity index (χ3n) is 8.39. The molecule has 0 heterocycles. The molecule has 0 aromatic rings. The summed E-state index contributed by atoms with van der Waals surface area (Å²) in [6.45, 7) is 8.85. The van der Waals surface area contributed by atoms with Crippen LogP contribution in [0, 0.1) is 34.5 Å². The van der Waals surface area contributed by atoms with E-state index in [9.17, 15) is 20.4 Å². The molecule has 2 aliphatic rings. The molecule has 0 bridgehead atoms. The van der Waals surface area contributed by atoms with Crippen molar-refractivity contribution in [3.63, 3.8) is 0 Å². The maximum absolute atomic E-state index is 11.0. The first kappa shape index (κ1) is 27.8. The first-order valence-electron chi connectivity index (χ1n) is 13.3. The maximum Gasteiger partial charge on any atom is 0.0630 e. The Morgan fingerprint density at radius 1 is 0.656 bits per heavy atom. The lowest BCUT2D eigenvalue weighted by Crippen LogP contribution is -2.34. The summed E-state index contributed by atoms with van der Waals surface area (Å²) in [5, 5.41) is 40.9. The van der Waals surface area contributed by atoms with Gasteiger partial charge in [0.15, 0.2) is 0 Å². The highest BCUT2D eigenvalue weighted by molar-refractivity contribution is 5.02. The minimum absolute atomic E-state index is 0.0273. The number of rotatable bonds is 12. The average Bonchev–Trinajstić information content (AvgIpc) is 2.76. The van der Waals surface area contributed by atoms with Gasteiger partial charge in [0.05, 0.1) is 12.2 Å². The van der Waals surface area contributed by atoms with Crippen LogP contribution < -0.4 is 0 Å². The van der Waals surface area contributed by atoms with E-state index in [-0.39, 0.29) is 48.1 Å². The Labute approximate surface area is 197 Å². The lowest BCUT2D eigenvalue weighted by atomic mass is 9.73. The smallest absolute Gasteiger partial charge is 0.0630 e. The van der Waals surface area contributed by atoms with E-state index < -0.39 is 0 Å². The average molecular weight is 453 g/mol. The van der Waals surface area contributed by atoms with Crippen molar-refractivity contribution in [2.45, 2.75) is 117 Å². The van der Waals surface area contributed by atoms with Gasteiger partial charge in [0, 0.05) is 25.0 Å². The quantitative estimate of drug-likeness (QED) is 0.296. The second kappa shape index (κ2) is 12.9. The Morgan fingerprint density at radius 2 is 1.03 bits per heavy atom. The highest BCUT2D eigenvalue weighted by Crippen LogP contribution is 2.38. The predicted octanol–water partition coefficient (Wildman–Crippen LogP) is 5.47. The molecular weight excluding hydrogens is 400 g/mol. The SMILES string of the molecule is CC(C)(CO)CCCC1CCCC(C=CC2CCCC(CCCC(C)(C)CO)C2O)C1O. The van der Waals surface area contributed by atoms with Crippen LogP contribution in [0.4, 0.5) is 0 Å². The van der Waals surface area contributed by atoms with Crippen molar-refractivity contribution in [3.05, 3.63) is 12.2 Å². The maximum atomic E-state index is 11.0. The van der Waals surface area contributed by atoms with Crippen molar-refractivity contribution in [2.75, 3.05) is 13.2 Å². The van der Waals surface area contributed by atoms with Crippen LogP contribution in [0.3, 0.4) is 0 Å². The standard InChI is InChI=1S/C28H52O4/c1-27(2,19-29)17-7-13-21-9-5-11-23(25(21)31)15-16-24-12-6-10-22(26(24)32)14-8-18-28(3,4)20-30/h15-16,21-26,29-32H,5-14,17-20H2,1-4H3. The highest BCUT2D eigenvalue weighted by Gasteiger charge is 2.33. The summed E-state index contributed by atoms with van der Waals surface area (Å²) >= 11 is 0. The summed E-state index contributed by atoms with van der Waals surface area (Å²) in [5.74, 6) is 1.12. The first-order chi connectivity index (χ1) is 15.1. The van der Waals surface area contributed by atoms with Gasteiger partial charge in [-0.1, -0.05) is 65.5 Å². The molecule has 6 unspecified atom stereocenters. The molecule has 4 N–H and O–H groups in total. The van der Waals surface area contributed by atoms with Gasteiger partial charge in [0.25, 0.3) is 0 Å². The molecule has 0 aliphatic heterocycles. The Kier molecular flexibility index (Phi) is 11.2. The van der Waals surface area contributed by atoms with Crippen LogP contribution in [0.15, 0.2) is 12.2 Å². The molecule has 188 valence electrons. The van der Waals surface area contributed by atoms with Gasteiger partial charge in [-0.3, -0.25) is 0 Å². The second-order valence-electron chi connectivity index (χ2n) is 12.5. The summed E-state index contributed by atoms with van der Waals surface area (Å²) in [4.78, 5) is 0. The summed E-state index contributed by atoms with van der Waals surface area (Å²) in [6, 6.07) is 0. The molecular formula is C28H52O4. The van der Waals surface area contributed by atoms with E-state index in [1.807, 2.05) is 0 Å². The topological polar surface area (TPSA) is 80.9 Å². The zero-order chi connectivity index (χ0) is 23.8. The Hall–Kier alpha value is -0.420. The molecule has 0 amide bonds. The van der Waals surface area contributed by atoms with Gasteiger partial charge in [0.2, 0.25) is 0 Å². The van der Waals surface area contributed by atoms with Crippen LogP contribution in [0.5, 0.6) is 0 Å². The van der Waals surface area contributed by atoms with E-state index >= 15 is 0 Å². The molecule has 2 fully saturated rings. The minimum Gasteiger partial charge on any atom is -0.396 e. The van der Waals surface area contributed by atoms with E-state index in [1.54, 1.807) is 0 Å². The van der Waals surface area contributed by atoms with Crippen molar-refractivity contribution in [2.24, 2.45) is 34.5 Å². The Balaban J connectivity index is 1.83. The summed E-state index contributed by atoms with van der Waals surface area (Å²) < 4.78 is 0. The van der Waals surface area contributed by atoms with Crippen LogP contribution in [0.1, 0.15) is 105 Å². The Morgan fingerprint density at radius 3 is 1.38 bits per heavy atom. The fourth-order valence-electron chi connectivity index (χ4n) is 5.79. The first-order valence-corrected chi connectivity index (χ1v) is 13.3. The second-order valence-corrected chi connectivity index (χ2v) is 12.5. The van der Waals surface area contributed by atoms with Crippen LogP contribution in [0.25, 0.3) is 0 Å². The van der Waals surface area contributed by atoms with E-state index in [4.69, 9.17) is 0 Å². The molecule has 4 nitrogen and oxygen atoms in total. The van der Waals surface area contributed by atoms with Crippen LogP contribution in [0.2, 0.25) is 0 Å². The molecule has 6 atom stereocenters. The molecule has 0 radical (unpaired) electrons. The molecule has 0 spiro atoms. The minimum atomic E-state index is -0.283. The zero-order valence-corrected chi connectivity index (χ0v) is 21.3. The van der Waals surface area contributed by atoms with Gasteiger partial charge < -0.3 is 20.4 Å². The number of hydrogen-bond acceptors (Lipinski definition) is 4. The normalized spacial score (nSPS) is 32.5. The van der Waals surface area contributed by atoms with Crippen molar-refractivity contribution in [1.29, 1.82) is 0 Å². The summed E-state index contributed by atoms with van der Waals surface area (Å²) in [5.41, 5.74) is -0.0547. The van der Waals surface area contributed by atoms with Gasteiger partial charge in [-0.15, -0.1) is 0 Å². The molecule has 4 heteroatoms. The monoisotopic (exact) mass is 452 g/mol. The van der Waals surface area contributed by atoms with Crippen LogP contribution >= 0.6 is 0 Å². The highest BCUT2D eigenvalue weighted by atomic mass is 16.3. The van der Waals surface area contributed by atoms with E-state index in [0.717, 1.165) is 77.0 Å². The van der Waals surface area contributed by atoms with Crippen molar-refractivity contribution in [3.8, 4) is 0 Å². The molecule has 32 heavy (non-hydrogen) atoms. The summed E-state index contributed by atoms with van der Waals surface area (Å²) in [6.07, 6.45) is 16.7. The molecule has 2 aliphatic carbocycles. The molecule has 2 rings (SSSR count). The van der Waals surface area contributed by atoms with Gasteiger partial charge in [-0.2, -0.15) is 0 Å². The van der Waals surface area contributed by atoms with Crippen molar-refractivity contribution in [1.82, 2.24) is 0 Å². The molecule has 0 aromatic heterocycles. The lowest BCUT2D eigenvalue weighted by Gasteiger charge is -2.36. The van der Waals surface area contributed by atoms with Crippen molar-refractivity contribution >= 4 is 0 Å². The number of aliphatic hydroxyl groups is 4. The van der Waals surface area contributed by atoms with Crippen molar-refractivity contribution < 1.29 is 20.4 Å². The lowest BCUT2D eigenvalue weighted by molar-refractivity contribution is 0.0232. The molecule has 0 aromatic carbocycles. The summed E-state index contributed by atoms with van der Waals surface area (Å²) in [7, 11) is 0.